The predicted octanol–water partition coefficient (Wildman–Crippen LogP) is 0.976. The van der Waals surface area contributed by atoms with Crippen molar-refractivity contribution in [3.8, 4) is 0 Å². The molecule has 1 saturated heterocycles. The number of hydrogen-bond acceptors (Lipinski definition) is 3. The lowest BCUT2D eigenvalue weighted by atomic mass is 10.0. The van der Waals surface area contributed by atoms with Gasteiger partial charge in [0.2, 0.25) is 0 Å². The first-order valence-electron chi connectivity index (χ1n) is 2.95. The number of alkyl halides is 6. The van der Waals surface area contributed by atoms with Gasteiger partial charge in [-0.1, -0.05) is 0 Å². The second kappa shape index (κ2) is 2.39. The molecule has 80 valence electrons. The highest BCUT2D eigenvalue weighted by molar-refractivity contribution is 5.98. The van der Waals surface area contributed by atoms with Crippen molar-refractivity contribution in [2.75, 3.05) is 0 Å². The predicted molar refractivity (Wildman–Crippen MR) is 25.9 cm³/mol. The molecule has 14 heavy (non-hydrogen) atoms. The highest BCUT2D eigenvalue weighted by Gasteiger charge is 2.83. The standard InChI is InChI=1S/C5F6O3/c6-3(7)1(12)14-2(13)4(8,9)5(3,10)11. The van der Waals surface area contributed by atoms with Gasteiger partial charge < -0.3 is 4.74 Å². The molecule has 0 aromatic heterocycles. The Morgan fingerprint density at radius 2 is 1.07 bits per heavy atom. The van der Waals surface area contributed by atoms with Crippen molar-refractivity contribution in [2.45, 2.75) is 17.8 Å². The summed E-state index contributed by atoms with van der Waals surface area (Å²) in [5, 5.41) is 0. The molecule has 9 heteroatoms. The van der Waals surface area contributed by atoms with E-state index in [0.717, 1.165) is 0 Å². The van der Waals surface area contributed by atoms with Crippen LogP contribution in [-0.4, -0.2) is 29.7 Å². The van der Waals surface area contributed by atoms with Gasteiger partial charge in [-0.25, -0.2) is 9.59 Å². The molecule has 0 amide bonds. The first-order valence-corrected chi connectivity index (χ1v) is 2.95. The van der Waals surface area contributed by atoms with Crippen LogP contribution in [0.3, 0.4) is 0 Å². The number of rotatable bonds is 0. The van der Waals surface area contributed by atoms with Gasteiger partial charge in [-0.05, 0) is 0 Å². The summed E-state index contributed by atoms with van der Waals surface area (Å²) in [6, 6.07) is 0. The smallest absolute Gasteiger partial charge is 0.384 e. The molecular formula is C5F6O3. The maximum atomic E-state index is 12.2. The van der Waals surface area contributed by atoms with Crippen LogP contribution >= 0.6 is 0 Å². The van der Waals surface area contributed by atoms with Gasteiger partial charge in [-0.3, -0.25) is 0 Å². The van der Waals surface area contributed by atoms with Crippen molar-refractivity contribution >= 4 is 11.9 Å². The average Bonchev–Trinajstić information content (AvgIpc) is 2.01. The average molecular weight is 222 g/mol. The van der Waals surface area contributed by atoms with E-state index in [2.05, 4.69) is 4.74 Å². The number of esters is 2. The summed E-state index contributed by atoms with van der Waals surface area (Å²) in [5.74, 6) is -23.5. The van der Waals surface area contributed by atoms with Gasteiger partial charge in [0.05, 0.1) is 0 Å². The first-order chi connectivity index (χ1) is 6.05. The van der Waals surface area contributed by atoms with Crippen molar-refractivity contribution < 1.29 is 40.7 Å². The maximum absolute atomic E-state index is 12.2. The van der Waals surface area contributed by atoms with Crippen LogP contribution in [0.25, 0.3) is 0 Å². The summed E-state index contributed by atoms with van der Waals surface area (Å²) in [6.45, 7) is 0. The lowest BCUT2D eigenvalue weighted by Crippen LogP contribution is -2.66. The lowest BCUT2D eigenvalue weighted by Gasteiger charge is -2.33. The summed E-state index contributed by atoms with van der Waals surface area (Å²) in [5.41, 5.74) is 0. The van der Waals surface area contributed by atoms with Crippen molar-refractivity contribution in [1.29, 1.82) is 0 Å². The lowest BCUT2D eigenvalue weighted by molar-refractivity contribution is -0.316. The molecule has 0 radical (unpaired) electrons. The van der Waals surface area contributed by atoms with E-state index in [1.165, 1.54) is 0 Å². The Balaban J connectivity index is 3.31. The van der Waals surface area contributed by atoms with E-state index in [0.29, 0.717) is 0 Å². The van der Waals surface area contributed by atoms with E-state index in [9.17, 15) is 35.9 Å². The van der Waals surface area contributed by atoms with Gasteiger partial charge in [0.25, 0.3) is 0 Å². The van der Waals surface area contributed by atoms with Crippen LogP contribution in [0, 0.1) is 0 Å². The molecule has 0 aromatic rings. The van der Waals surface area contributed by atoms with Crippen LogP contribution in [0.2, 0.25) is 0 Å². The Hall–Kier alpha value is -1.28. The third-order valence-corrected chi connectivity index (χ3v) is 1.49. The molecule has 0 unspecified atom stereocenters. The van der Waals surface area contributed by atoms with E-state index in [4.69, 9.17) is 0 Å². The quantitative estimate of drug-likeness (QED) is 0.348. The van der Waals surface area contributed by atoms with Crippen LogP contribution in [0.15, 0.2) is 0 Å². The molecule has 0 N–H and O–H groups in total. The van der Waals surface area contributed by atoms with E-state index >= 15 is 0 Å². The highest BCUT2D eigenvalue weighted by atomic mass is 19.3. The van der Waals surface area contributed by atoms with Gasteiger partial charge in [-0.15, -0.1) is 0 Å². The topological polar surface area (TPSA) is 43.4 Å². The van der Waals surface area contributed by atoms with E-state index in [1.54, 1.807) is 0 Å². The van der Waals surface area contributed by atoms with Crippen LogP contribution in [0.1, 0.15) is 0 Å². The zero-order valence-electron chi connectivity index (χ0n) is 5.99. The second-order valence-corrected chi connectivity index (χ2v) is 2.40. The Labute approximate surface area is 71.6 Å². The van der Waals surface area contributed by atoms with Gasteiger partial charge in [-0.2, -0.15) is 26.3 Å². The maximum Gasteiger partial charge on any atom is 0.411 e. The first kappa shape index (κ1) is 10.8. The largest absolute Gasteiger partial charge is 0.411 e. The van der Waals surface area contributed by atoms with E-state index in [1.807, 2.05) is 0 Å². The molecule has 1 aliphatic rings. The van der Waals surface area contributed by atoms with Gasteiger partial charge in [0.15, 0.2) is 0 Å². The number of ether oxygens (including phenoxy) is 1. The van der Waals surface area contributed by atoms with Gasteiger partial charge in [0, 0.05) is 0 Å². The SMILES string of the molecule is O=C1OC(=O)C(F)(F)C(F)(F)C1(F)F. The minimum atomic E-state index is -6.08. The number of carbonyl (C=O) groups is 2. The highest BCUT2D eigenvalue weighted by Crippen LogP contribution is 2.49. The molecule has 0 atom stereocenters. The van der Waals surface area contributed by atoms with Crippen molar-refractivity contribution in [2.24, 2.45) is 0 Å². The number of carbonyl (C=O) groups excluding carboxylic acids is 2. The molecular weight excluding hydrogens is 222 g/mol. The molecule has 1 aliphatic heterocycles. The van der Waals surface area contributed by atoms with Crippen molar-refractivity contribution in [1.82, 2.24) is 0 Å². The monoisotopic (exact) mass is 222 g/mol. The van der Waals surface area contributed by atoms with Gasteiger partial charge >= 0.3 is 29.7 Å². The molecule has 1 rings (SSSR count). The Kier molecular flexibility index (Phi) is 1.85. The normalized spacial score (nSPS) is 28.4. The minimum Gasteiger partial charge on any atom is -0.384 e. The molecule has 3 nitrogen and oxygen atoms in total. The summed E-state index contributed by atoms with van der Waals surface area (Å²) in [7, 11) is 0. The minimum absolute atomic E-state index is 2.79. The summed E-state index contributed by atoms with van der Waals surface area (Å²) >= 11 is 0. The van der Waals surface area contributed by atoms with Crippen LogP contribution < -0.4 is 0 Å². The van der Waals surface area contributed by atoms with Crippen molar-refractivity contribution in [3.63, 3.8) is 0 Å². The third-order valence-electron chi connectivity index (χ3n) is 1.49. The van der Waals surface area contributed by atoms with E-state index in [-0.39, 0.29) is 0 Å². The van der Waals surface area contributed by atoms with E-state index < -0.39 is 29.7 Å². The fourth-order valence-corrected chi connectivity index (χ4v) is 0.666. The van der Waals surface area contributed by atoms with Crippen molar-refractivity contribution in [3.05, 3.63) is 0 Å². The molecule has 0 aromatic carbocycles. The molecule has 1 heterocycles. The Bertz CT molecular complexity index is 281. The molecule has 0 saturated carbocycles. The third kappa shape index (κ3) is 0.946. The summed E-state index contributed by atoms with van der Waals surface area (Å²) in [6.07, 6.45) is 0. The Morgan fingerprint density at radius 3 is 1.36 bits per heavy atom. The zero-order chi connectivity index (χ0) is 11.4. The molecule has 0 spiro atoms. The fraction of sp³-hybridized carbons (Fsp3) is 0.600. The second-order valence-electron chi connectivity index (χ2n) is 2.40. The Morgan fingerprint density at radius 1 is 0.786 bits per heavy atom. The summed E-state index contributed by atoms with van der Waals surface area (Å²) < 4.78 is 76.0. The van der Waals surface area contributed by atoms with Gasteiger partial charge in [0.1, 0.15) is 0 Å². The molecule has 0 aliphatic carbocycles. The fourth-order valence-electron chi connectivity index (χ4n) is 0.666. The number of cyclic esters (lactones) is 2. The number of halogens is 6. The van der Waals surface area contributed by atoms with Crippen LogP contribution in [-0.2, 0) is 14.3 Å². The van der Waals surface area contributed by atoms with Crippen LogP contribution in [0.5, 0.6) is 0 Å². The number of hydrogen-bond donors (Lipinski definition) is 0. The molecule has 1 fully saturated rings. The van der Waals surface area contributed by atoms with Crippen LogP contribution in [0.4, 0.5) is 26.3 Å². The molecule has 0 bridgehead atoms. The summed E-state index contributed by atoms with van der Waals surface area (Å²) in [4.78, 5) is 20.0. The zero-order valence-corrected chi connectivity index (χ0v) is 5.99.